The van der Waals surface area contributed by atoms with Crippen molar-refractivity contribution in [2.24, 2.45) is 0 Å². The minimum absolute atomic E-state index is 0.0452. The van der Waals surface area contributed by atoms with Crippen molar-refractivity contribution in [2.45, 2.75) is 6.92 Å². The zero-order valence-electron chi connectivity index (χ0n) is 8.40. The Hall–Kier alpha value is -1.62. The summed E-state index contributed by atoms with van der Waals surface area (Å²) in [6, 6.07) is 7.41. The van der Waals surface area contributed by atoms with E-state index in [0.29, 0.717) is 5.69 Å². The Kier molecular flexibility index (Phi) is 2.78. The minimum Gasteiger partial charge on any atom is -0.477 e. The number of benzene rings is 1. The highest BCUT2D eigenvalue weighted by Gasteiger charge is 2.21. The van der Waals surface area contributed by atoms with Gasteiger partial charge in [0.25, 0.3) is 0 Å². The van der Waals surface area contributed by atoms with Gasteiger partial charge in [0, 0.05) is 5.56 Å². The molecule has 0 aliphatic carbocycles. The first-order chi connectivity index (χ1) is 7.59. The fourth-order valence-corrected chi connectivity index (χ4v) is 1.79. The molecule has 1 aromatic heterocycles. The van der Waals surface area contributed by atoms with Gasteiger partial charge in [0.05, 0.1) is 0 Å². The third-order valence-corrected chi connectivity index (χ3v) is 2.73. The van der Waals surface area contributed by atoms with E-state index in [0.717, 1.165) is 11.1 Å². The molecule has 0 radical (unpaired) electrons. The zero-order valence-corrected chi connectivity index (χ0v) is 9.98. The van der Waals surface area contributed by atoms with Crippen LogP contribution < -0.4 is 0 Å². The molecule has 0 saturated heterocycles. The van der Waals surface area contributed by atoms with Crippen molar-refractivity contribution >= 4 is 21.9 Å². The molecule has 0 spiro atoms. The Balaban J connectivity index is 2.56. The quantitative estimate of drug-likeness (QED) is 0.919. The average molecular weight is 282 g/mol. The smallest absolute Gasteiger partial charge is 0.342 e. The number of carboxylic acid groups (broad SMARTS) is 1. The van der Waals surface area contributed by atoms with Crippen LogP contribution in [0.25, 0.3) is 11.3 Å². The second-order valence-electron chi connectivity index (χ2n) is 3.35. The molecule has 1 aromatic carbocycles. The second-order valence-corrected chi connectivity index (χ2v) is 4.07. The van der Waals surface area contributed by atoms with E-state index >= 15 is 0 Å². The summed E-state index contributed by atoms with van der Waals surface area (Å²) in [5, 5.41) is 12.8. The maximum atomic E-state index is 11.0. The van der Waals surface area contributed by atoms with Gasteiger partial charge in [-0.1, -0.05) is 35.0 Å². The summed E-state index contributed by atoms with van der Waals surface area (Å²) in [6.07, 6.45) is 0. The van der Waals surface area contributed by atoms with Gasteiger partial charge >= 0.3 is 5.97 Å². The average Bonchev–Trinajstić information content (AvgIpc) is 2.61. The summed E-state index contributed by atoms with van der Waals surface area (Å²) < 4.78 is 4.96. The van der Waals surface area contributed by atoms with Crippen LogP contribution in [0.5, 0.6) is 0 Å². The van der Waals surface area contributed by atoms with Gasteiger partial charge in [-0.05, 0) is 22.9 Å². The van der Waals surface area contributed by atoms with Crippen molar-refractivity contribution in [3.05, 3.63) is 40.1 Å². The lowest BCUT2D eigenvalue weighted by Gasteiger charge is -1.98. The zero-order chi connectivity index (χ0) is 11.7. The van der Waals surface area contributed by atoms with Crippen molar-refractivity contribution < 1.29 is 14.4 Å². The number of carbonyl (C=O) groups is 1. The van der Waals surface area contributed by atoms with Gasteiger partial charge in [-0.3, -0.25) is 0 Å². The van der Waals surface area contributed by atoms with Gasteiger partial charge < -0.3 is 9.63 Å². The van der Waals surface area contributed by atoms with E-state index in [1.165, 1.54) is 0 Å². The Morgan fingerprint density at radius 3 is 2.56 bits per heavy atom. The molecule has 0 fully saturated rings. The van der Waals surface area contributed by atoms with Gasteiger partial charge in [0.1, 0.15) is 11.3 Å². The molecule has 0 unspecified atom stereocenters. The third kappa shape index (κ3) is 1.86. The lowest BCUT2D eigenvalue weighted by Crippen LogP contribution is -1.97. The molecule has 0 bridgehead atoms. The maximum absolute atomic E-state index is 11.0. The highest BCUT2D eigenvalue weighted by Crippen LogP contribution is 2.28. The number of aromatic carboxylic acids is 1. The monoisotopic (exact) mass is 281 g/mol. The van der Waals surface area contributed by atoms with Crippen molar-refractivity contribution in [1.82, 2.24) is 5.16 Å². The molecule has 5 heteroatoms. The van der Waals surface area contributed by atoms with E-state index < -0.39 is 5.97 Å². The summed E-state index contributed by atoms with van der Waals surface area (Å²) in [6.45, 7) is 1.96. The Morgan fingerprint density at radius 1 is 1.38 bits per heavy atom. The normalized spacial score (nSPS) is 10.4. The molecule has 1 heterocycles. The van der Waals surface area contributed by atoms with Crippen LogP contribution in [0.1, 0.15) is 15.9 Å². The number of carboxylic acids is 1. The van der Waals surface area contributed by atoms with E-state index in [-0.39, 0.29) is 10.2 Å². The number of nitrogens with zero attached hydrogens (tertiary/aromatic N) is 1. The SMILES string of the molecule is Cc1ccc(-c2noc(Br)c2C(=O)O)cc1. The number of aromatic nitrogens is 1. The van der Waals surface area contributed by atoms with Gasteiger partial charge in [-0.25, -0.2) is 4.79 Å². The standard InChI is InChI=1S/C11H8BrNO3/c1-6-2-4-7(5-3-6)9-8(11(14)15)10(12)16-13-9/h2-5H,1H3,(H,14,15). The molecular weight excluding hydrogens is 274 g/mol. The van der Waals surface area contributed by atoms with Crippen LogP contribution in [0.2, 0.25) is 0 Å². The molecule has 0 atom stereocenters. The molecule has 16 heavy (non-hydrogen) atoms. The molecule has 2 aromatic rings. The molecule has 4 nitrogen and oxygen atoms in total. The van der Waals surface area contributed by atoms with E-state index in [1.807, 2.05) is 31.2 Å². The number of hydrogen-bond acceptors (Lipinski definition) is 3. The summed E-state index contributed by atoms with van der Waals surface area (Å²) >= 11 is 3.02. The highest BCUT2D eigenvalue weighted by molar-refractivity contribution is 9.10. The van der Waals surface area contributed by atoms with Gasteiger partial charge in [-0.2, -0.15) is 0 Å². The van der Waals surface area contributed by atoms with Gasteiger partial charge in [0.2, 0.25) is 4.67 Å². The first-order valence-corrected chi connectivity index (χ1v) is 5.34. The maximum Gasteiger partial charge on any atom is 0.342 e. The molecule has 0 amide bonds. The van der Waals surface area contributed by atoms with Crippen LogP contribution in [0.4, 0.5) is 0 Å². The fraction of sp³-hybridized carbons (Fsp3) is 0.0909. The Bertz CT molecular complexity index is 531. The molecule has 0 saturated carbocycles. The number of hydrogen-bond donors (Lipinski definition) is 1. The molecule has 1 N–H and O–H groups in total. The largest absolute Gasteiger partial charge is 0.477 e. The Morgan fingerprint density at radius 2 is 2.00 bits per heavy atom. The van der Waals surface area contributed by atoms with Crippen molar-refractivity contribution in [1.29, 1.82) is 0 Å². The van der Waals surface area contributed by atoms with Crippen LogP contribution in [0.15, 0.2) is 33.5 Å². The first-order valence-electron chi connectivity index (χ1n) is 4.55. The van der Waals surface area contributed by atoms with Gasteiger partial charge in [0.15, 0.2) is 0 Å². The summed E-state index contributed by atoms with van der Waals surface area (Å²) in [7, 11) is 0. The molecule has 0 aliphatic rings. The van der Waals surface area contributed by atoms with Crippen LogP contribution in [0.3, 0.4) is 0 Å². The van der Waals surface area contributed by atoms with E-state index in [9.17, 15) is 4.79 Å². The molecule has 82 valence electrons. The van der Waals surface area contributed by atoms with E-state index in [1.54, 1.807) is 0 Å². The van der Waals surface area contributed by atoms with Crippen molar-refractivity contribution in [2.75, 3.05) is 0 Å². The Labute approximate surface area is 100 Å². The minimum atomic E-state index is -1.07. The lowest BCUT2D eigenvalue weighted by molar-refractivity contribution is 0.0695. The van der Waals surface area contributed by atoms with Crippen molar-refractivity contribution in [3.8, 4) is 11.3 Å². The highest BCUT2D eigenvalue weighted by atomic mass is 79.9. The first kappa shape index (κ1) is 10.9. The van der Waals surface area contributed by atoms with E-state index in [2.05, 4.69) is 21.1 Å². The summed E-state index contributed by atoms with van der Waals surface area (Å²) in [4.78, 5) is 11.0. The molecular formula is C11H8BrNO3. The summed E-state index contributed by atoms with van der Waals surface area (Å²) in [5.74, 6) is -1.07. The lowest BCUT2D eigenvalue weighted by atomic mass is 10.1. The predicted molar refractivity (Wildman–Crippen MR) is 61.3 cm³/mol. The number of rotatable bonds is 2. The van der Waals surface area contributed by atoms with Crippen LogP contribution >= 0.6 is 15.9 Å². The third-order valence-electron chi connectivity index (χ3n) is 2.19. The topological polar surface area (TPSA) is 63.3 Å². The molecule has 0 aliphatic heterocycles. The summed E-state index contributed by atoms with van der Waals surface area (Å²) in [5.41, 5.74) is 2.20. The van der Waals surface area contributed by atoms with Crippen molar-refractivity contribution in [3.63, 3.8) is 0 Å². The number of aryl methyl sites for hydroxylation is 1. The predicted octanol–water partition coefficient (Wildman–Crippen LogP) is 3.11. The van der Waals surface area contributed by atoms with E-state index in [4.69, 9.17) is 9.63 Å². The van der Waals surface area contributed by atoms with Gasteiger partial charge in [-0.15, -0.1) is 0 Å². The van der Waals surface area contributed by atoms with Crippen LogP contribution in [-0.2, 0) is 0 Å². The van der Waals surface area contributed by atoms with Crippen LogP contribution in [-0.4, -0.2) is 16.2 Å². The van der Waals surface area contributed by atoms with Crippen LogP contribution in [0, 0.1) is 6.92 Å². The second kappa shape index (κ2) is 4.09. The number of halogens is 1. The fourth-order valence-electron chi connectivity index (χ4n) is 1.36. The molecule has 2 rings (SSSR count).